The Balaban J connectivity index is 1.43. The van der Waals surface area contributed by atoms with Crippen LogP contribution in [0.1, 0.15) is 32.1 Å². The largest absolute Gasteiger partial charge is 0.454 e. The summed E-state index contributed by atoms with van der Waals surface area (Å²) in [6, 6.07) is 1.70. The van der Waals surface area contributed by atoms with E-state index in [2.05, 4.69) is 20.2 Å². The van der Waals surface area contributed by atoms with E-state index in [0.29, 0.717) is 12.5 Å². The first-order chi connectivity index (χ1) is 14.1. The van der Waals surface area contributed by atoms with Crippen molar-refractivity contribution in [1.29, 1.82) is 0 Å². The first-order valence-corrected chi connectivity index (χ1v) is 10.3. The van der Waals surface area contributed by atoms with E-state index in [4.69, 9.17) is 9.47 Å². The molecule has 3 rings (SSSR count). The van der Waals surface area contributed by atoms with Gasteiger partial charge in [0.15, 0.2) is 6.61 Å². The van der Waals surface area contributed by atoms with Gasteiger partial charge in [-0.3, -0.25) is 14.5 Å². The summed E-state index contributed by atoms with van der Waals surface area (Å²) in [5.41, 5.74) is -0.00738. The highest BCUT2D eigenvalue weighted by Crippen LogP contribution is 2.33. The molecule has 1 aliphatic carbocycles. The number of morpholine rings is 1. The maximum atomic E-state index is 12.3. The molecule has 0 radical (unpaired) electrons. The van der Waals surface area contributed by atoms with Crippen molar-refractivity contribution in [2.24, 2.45) is 0 Å². The third-order valence-corrected chi connectivity index (χ3v) is 5.70. The van der Waals surface area contributed by atoms with Crippen LogP contribution in [0.15, 0.2) is 18.5 Å². The summed E-state index contributed by atoms with van der Waals surface area (Å²) in [7, 11) is 1.70. The third-order valence-electron chi connectivity index (χ3n) is 5.70. The third kappa shape index (κ3) is 6.11. The summed E-state index contributed by atoms with van der Waals surface area (Å²) in [5, 5.41) is 2.99. The summed E-state index contributed by atoms with van der Waals surface area (Å²) in [4.78, 5) is 36.5. The number of nitrogens with one attached hydrogen (secondary N) is 1. The van der Waals surface area contributed by atoms with E-state index in [-0.39, 0.29) is 24.6 Å². The van der Waals surface area contributed by atoms with Crippen LogP contribution in [0.2, 0.25) is 0 Å². The lowest BCUT2D eigenvalue weighted by Gasteiger charge is -2.48. The number of hydrogen-bond acceptors (Lipinski definition) is 8. The lowest BCUT2D eigenvalue weighted by Crippen LogP contribution is -2.59. The van der Waals surface area contributed by atoms with Gasteiger partial charge in [0.25, 0.3) is 5.91 Å². The molecule has 0 aromatic carbocycles. The van der Waals surface area contributed by atoms with Crippen LogP contribution in [-0.2, 0) is 19.1 Å². The quantitative estimate of drug-likeness (QED) is 0.629. The Bertz CT molecular complexity index is 660. The summed E-state index contributed by atoms with van der Waals surface area (Å²) in [6.45, 7) is 3.58. The van der Waals surface area contributed by atoms with Gasteiger partial charge in [-0.1, -0.05) is 19.3 Å². The second kappa shape index (κ2) is 10.5. The fourth-order valence-corrected chi connectivity index (χ4v) is 4.11. The lowest BCUT2D eigenvalue weighted by atomic mass is 9.79. The highest BCUT2D eigenvalue weighted by atomic mass is 16.5. The highest BCUT2D eigenvalue weighted by Gasteiger charge is 2.38. The molecule has 2 aliphatic rings. The van der Waals surface area contributed by atoms with E-state index in [1.165, 1.54) is 19.3 Å². The monoisotopic (exact) mass is 405 g/mol. The van der Waals surface area contributed by atoms with Gasteiger partial charge < -0.3 is 19.7 Å². The van der Waals surface area contributed by atoms with Crippen molar-refractivity contribution in [1.82, 2.24) is 20.2 Å². The molecule has 2 fully saturated rings. The molecule has 1 aliphatic heterocycles. The maximum Gasteiger partial charge on any atom is 0.326 e. The second-order valence-corrected chi connectivity index (χ2v) is 7.73. The van der Waals surface area contributed by atoms with Gasteiger partial charge in [-0.2, -0.15) is 0 Å². The zero-order valence-electron chi connectivity index (χ0n) is 17.1. The molecule has 0 unspecified atom stereocenters. The zero-order chi connectivity index (χ0) is 20.5. The zero-order valence-corrected chi connectivity index (χ0v) is 17.1. The fraction of sp³-hybridized carbons (Fsp3) is 0.700. The number of carbonyl (C=O) groups is 2. The average molecular weight is 405 g/mol. The molecule has 0 spiro atoms. The number of ether oxygens (including phenoxy) is 2. The molecule has 1 N–H and O–H groups in total. The number of likely N-dealkylation sites (N-methyl/N-ethyl adjacent to an activating group) is 1. The number of rotatable bonds is 8. The van der Waals surface area contributed by atoms with Crippen molar-refractivity contribution in [3.8, 4) is 0 Å². The number of aromatic nitrogens is 2. The van der Waals surface area contributed by atoms with E-state index in [1.807, 2.05) is 0 Å². The molecular formula is C20H31N5O4. The molecule has 1 amide bonds. The molecule has 29 heavy (non-hydrogen) atoms. The average Bonchev–Trinajstić information content (AvgIpc) is 2.78. The minimum Gasteiger partial charge on any atom is -0.454 e. The van der Waals surface area contributed by atoms with E-state index in [1.54, 1.807) is 30.4 Å². The molecule has 9 nitrogen and oxygen atoms in total. The molecule has 0 atom stereocenters. The molecule has 9 heteroatoms. The minimum atomic E-state index is -0.490. The molecule has 1 aromatic heterocycles. The first kappa shape index (κ1) is 21.4. The van der Waals surface area contributed by atoms with E-state index in [0.717, 1.165) is 39.1 Å². The Morgan fingerprint density at radius 3 is 2.59 bits per heavy atom. The Morgan fingerprint density at radius 1 is 1.21 bits per heavy atom. The molecule has 0 bridgehead atoms. The summed E-state index contributed by atoms with van der Waals surface area (Å²) >= 11 is 0. The summed E-state index contributed by atoms with van der Waals surface area (Å²) < 4.78 is 10.6. The van der Waals surface area contributed by atoms with Crippen molar-refractivity contribution >= 4 is 17.8 Å². The predicted octanol–water partition coefficient (Wildman–Crippen LogP) is 0.607. The van der Waals surface area contributed by atoms with E-state index >= 15 is 0 Å². The van der Waals surface area contributed by atoms with Crippen LogP contribution in [0, 0.1) is 0 Å². The number of anilines is 1. The Kier molecular flexibility index (Phi) is 7.76. The fourth-order valence-electron chi connectivity index (χ4n) is 4.11. The summed E-state index contributed by atoms with van der Waals surface area (Å²) in [6.07, 6.45) is 8.97. The van der Waals surface area contributed by atoms with Crippen LogP contribution < -0.4 is 10.2 Å². The van der Waals surface area contributed by atoms with Crippen molar-refractivity contribution < 1.29 is 19.1 Å². The van der Waals surface area contributed by atoms with Crippen LogP contribution in [0.25, 0.3) is 0 Å². The topological polar surface area (TPSA) is 96.9 Å². The number of hydrogen-bond donors (Lipinski definition) is 1. The number of nitrogens with zero attached hydrogens (tertiary/aromatic N) is 4. The number of carbonyl (C=O) groups excluding carboxylic acids is 2. The summed E-state index contributed by atoms with van der Waals surface area (Å²) in [5.74, 6) is -0.329. The standard InChI is InChI=1S/C20H31N5O4/c1-24(19-21-8-5-9-22-19)14-18(27)29-15-17(26)23-16-20(6-3-2-4-7-20)25-10-12-28-13-11-25/h5,8-9H,2-4,6-7,10-16H2,1H3,(H,23,26). The Hall–Kier alpha value is -2.26. The van der Waals surface area contributed by atoms with Crippen LogP contribution in [0.5, 0.6) is 0 Å². The lowest BCUT2D eigenvalue weighted by molar-refractivity contribution is -0.147. The molecular weight excluding hydrogens is 374 g/mol. The van der Waals surface area contributed by atoms with Gasteiger partial charge >= 0.3 is 5.97 Å². The Morgan fingerprint density at radius 2 is 1.90 bits per heavy atom. The van der Waals surface area contributed by atoms with Crippen LogP contribution in [0.4, 0.5) is 5.95 Å². The van der Waals surface area contributed by atoms with E-state index in [9.17, 15) is 9.59 Å². The smallest absolute Gasteiger partial charge is 0.326 e. The van der Waals surface area contributed by atoms with Gasteiger partial charge in [0, 0.05) is 44.6 Å². The number of esters is 1. The van der Waals surface area contributed by atoms with Gasteiger partial charge in [0.1, 0.15) is 6.54 Å². The van der Waals surface area contributed by atoms with Gasteiger partial charge in [-0.25, -0.2) is 9.97 Å². The van der Waals surface area contributed by atoms with Crippen LogP contribution >= 0.6 is 0 Å². The molecule has 1 saturated carbocycles. The molecule has 160 valence electrons. The highest BCUT2D eigenvalue weighted by molar-refractivity contribution is 5.82. The SMILES string of the molecule is CN(CC(=O)OCC(=O)NCC1(N2CCOCC2)CCCCC1)c1ncccn1. The van der Waals surface area contributed by atoms with Gasteiger partial charge in [-0.15, -0.1) is 0 Å². The van der Waals surface area contributed by atoms with Gasteiger partial charge in [-0.05, 0) is 18.9 Å². The number of amides is 1. The van der Waals surface area contributed by atoms with Gasteiger partial charge in [0.05, 0.1) is 13.2 Å². The first-order valence-electron chi connectivity index (χ1n) is 10.3. The van der Waals surface area contributed by atoms with E-state index < -0.39 is 5.97 Å². The predicted molar refractivity (Wildman–Crippen MR) is 107 cm³/mol. The van der Waals surface area contributed by atoms with Crippen LogP contribution in [0.3, 0.4) is 0 Å². The second-order valence-electron chi connectivity index (χ2n) is 7.73. The molecule has 1 aromatic rings. The maximum absolute atomic E-state index is 12.3. The molecule has 2 heterocycles. The minimum absolute atomic E-state index is 0.00738. The van der Waals surface area contributed by atoms with Crippen LogP contribution in [-0.4, -0.2) is 85.3 Å². The van der Waals surface area contributed by atoms with Gasteiger partial charge in [0.2, 0.25) is 5.95 Å². The molecule has 1 saturated heterocycles. The van der Waals surface area contributed by atoms with Crippen molar-refractivity contribution in [3.63, 3.8) is 0 Å². The van der Waals surface area contributed by atoms with Crippen molar-refractivity contribution in [2.45, 2.75) is 37.6 Å². The Labute approximate surface area is 171 Å². The van der Waals surface area contributed by atoms with Crippen molar-refractivity contribution in [2.75, 3.05) is 57.9 Å². The normalized spacial score (nSPS) is 19.3. The van der Waals surface area contributed by atoms with Crippen molar-refractivity contribution in [3.05, 3.63) is 18.5 Å².